The van der Waals surface area contributed by atoms with Crippen LogP contribution >= 0.6 is 27.5 Å². The van der Waals surface area contributed by atoms with E-state index in [-0.39, 0.29) is 5.69 Å². The molecule has 2 rings (SSSR count). The molecule has 21 heavy (non-hydrogen) atoms. The number of carbonyl (C=O) groups is 1. The number of amides is 1. The SMILES string of the molecule is CCNc1ncc(Br)cc1C(=O)Nc1cc(Cl)ccc1F. The molecule has 2 N–H and O–H groups in total. The van der Waals surface area contributed by atoms with Crippen LogP contribution in [0.5, 0.6) is 0 Å². The number of pyridine rings is 1. The molecule has 110 valence electrons. The highest BCUT2D eigenvalue weighted by atomic mass is 79.9. The Morgan fingerprint density at radius 1 is 1.43 bits per heavy atom. The number of carbonyl (C=O) groups excluding carboxylic acids is 1. The van der Waals surface area contributed by atoms with Gasteiger partial charge in [0.25, 0.3) is 5.91 Å². The van der Waals surface area contributed by atoms with Crippen LogP contribution < -0.4 is 10.6 Å². The van der Waals surface area contributed by atoms with E-state index in [2.05, 4.69) is 31.5 Å². The van der Waals surface area contributed by atoms with E-state index in [1.54, 1.807) is 12.3 Å². The Morgan fingerprint density at radius 2 is 2.19 bits per heavy atom. The lowest BCUT2D eigenvalue weighted by Crippen LogP contribution is -2.16. The Labute approximate surface area is 134 Å². The molecule has 1 aromatic carbocycles. The number of aromatic nitrogens is 1. The number of hydrogen-bond acceptors (Lipinski definition) is 3. The Morgan fingerprint density at radius 3 is 2.90 bits per heavy atom. The van der Waals surface area contributed by atoms with E-state index in [4.69, 9.17) is 11.6 Å². The van der Waals surface area contributed by atoms with Crippen molar-refractivity contribution in [2.75, 3.05) is 17.2 Å². The van der Waals surface area contributed by atoms with Crippen LogP contribution in [-0.4, -0.2) is 17.4 Å². The summed E-state index contributed by atoms with van der Waals surface area (Å²) in [6, 6.07) is 5.58. The lowest BCUT2D eigenvalue weighted by Gasteiger charge is -2.11. The average Bonchev–Trinajstić information content (AvgIpc) is 2.45. The number of nitrogens with zero attached hydrogens (tertiary/aromatic N) is 1. The lowest BCUT2D eigenvalue weighted by molar-refractivity contribution is 0.102. The van der Waals surface area contributed by atoms with Crippen LogP contribution in [0.4, 0.5) is 15.9 Å². The van der Waals surface area contributed by atoms with Crippen molar-refractivity contribution in [1.82, 2.24) is 4.98 Å². The smallest absolute Gasteiger partial charge is 0.259 e. The Balaban J connectivity index is 2.31. The summed E-state index contributed by atoms with van der Waals surface area (Å²) >= 11 is 9.06. The van der Waals surface area contributed by atoms with Gasteiger partial charge in [-0.2, -0.15) is 0 Å². The van der Waals surface area contributed by atoms with Crippen LogP contribution in [0.15, 0.2) is 34.9 Å². The molecule has 0 bridgehead atoms. The molecule has 0 aliphatic heterocycles. The number of rotatable bonds is 4. The monoisotopic (exact) mass is 371 g/mol. The molecule has 4 nitrogen and oxygen atoms in total. The van der Waals surface area contributed by atoms with Crippen molar-refractivity contribution >= 4 is 44.9 Å². The fraction of sp³-hybridized carbons (Fsp3) is 0.143. The zero-order chi connectivity index (χ0) is 15.4. The van der Waals surface area contributed by atoms with Gasteiger partial charge in [-0.15, -0.1) is 0 Å². The third-order valence-corrected chi connectivity index (χ3v) is 3.29. The van der Waals surface area contributed by atoms with Gasteiger partial charge < -0.3 is 10.6 Å². The van der Waals surface area contributed by atoms with E-state index in [0.29, 0.717) is 27.4 Å². The average molecular weight is 373 g/mol. The molecule has 1 aromatic heterocycles. The van der Waals surface area contributed by atoms with Gasteiger partial charge in [-0.05, 0) is 47.1 Å². The summed E-state index contributed by atoms with van der Waals surface area (Å²) in [5, 5.41) is 5.82. The highest BCUT2D eigenvalue weighted by Crippen LogP contribution is 2.23. The minimum Gasteiger partial charge on any atom is -0.370 e. The van der Waals surface area contributed by atoms with Gasteiger partial charge in [-0.3, -0.25) is 4.79 Å². The van der Waals surface area contributed by atoms with Crippen molar-refractivity contribution in [3.8, 4) is 0 Å². The van der Waals surface area contributed by atoms with Crippen LogP contribution in [0, 0.1) is 5.82 Å². The third kappa shape index (κ3) is 3.92. The van der Waals surface area contributed by atoms with Gasteiger partial charge in [-0.25, -0.2) is 9.37 Å². The predicted molar refractivity (Wildman–Crippen MR) is 85.5 cm³/mol. The first-order valence-corrected chi connectivity index (χ1v) is 7.34. The van der Waals surface area contributed by atoms with Crippen molar-refractivity contribution in [1.29, 1.82) is 0 Å². The maximum Gasteiger partial charge on any atom is 0.259 e. The highest BCUT2D eigenvalue weighted by Gasteiger charge is 2.15. The van der Waals surface area contributed by atoms with Crippen LogP contribution in [0.3, 0.4) is 0 Å². The van der Waals surface area contributed by atoms with Crippen LogP contribution in [0.25, 0.3) is 0 Å². The summed E-state index contributed by atoms with van der Waals surface area (Å²) in [7, 11) is 0. The van der Waals surface area contributed by atoms with Crippen molar-refractivity contribution in [3.05, 3.63) is 51.3 Å². The van der Waals surface area contributed by atoms with E-state index in [9.17, 15) is 9.18 Å². The van der Waals surface area contributed by atoms with Crippen LogP contribution in [0.2, 0.25) is 5.02 Å². The molecule has 0 unspecified atom stereocenters. The van der Waals surface area contributed by atoms with E-state index in [1.807, 2.05) is 6.92 Å². The minimum atomic E-state index is -0.555. The fourth-order valence-electron chi connectivity index (χ4n) is 1.70. The van der Waals surface area contributed by atoms with Gasteiger partial charge in [0, 0.05) is 22.2 Å². The largest absolute Gasteiger partial charge is 0.370 e. The molecule has 1 heterocycles. The summed E-state index contributed by atoms with van der Waals surface area (Å²) in [5.74, 6) is -0.595. The molecule has 0 atom stereocenters. The molecule has 7 heteroatoms. The first-order chi connectivity index (χ1) is 10.0. The van der Waals surface area contributed by atoms with Crippen molar-refractivity contribution in [2.45, 2.75) is 6.92 Å². The zero-order valence-corrected chi connectivity index (χ0v) is 13.4. The van der Waals surface area contributed by atoms with E-state index < -0.39 is 11.7 Å². The van der Waals surface area contributed by atoms with Gasteiger partial charge in [-0.1, -0.05) is 11.6 Å². The molecule has 0 saturated carbocycles. The number of halogens is 3. The molecule has 0 spiro atoms. The first-order valence-electron chi connectivity index (χ1n) is 6.17. The second-order valence-corrected chi connectivity index (χ2v) is 5.51. The van der Waals surface area contributed by atoms with Crippen LogP contribution in [0.1, 0.15) is 17.3 Å². The normalized spacial score (nSPS) is 10.3. The molecule has 1 amide bonds. The lowest BCUT2D eigenvalue weighted by atomic mass is 10.2. The molecule has 0 saturated heterocycles. The number of anilines is 2. The highest BCUT2D eigenvalue weighted by molar-refractivity contribution is 9.10. The molecular weight excluding hydrogens is 361 g/mol. The summed E-state index contributed by atoms with van der Waals surface area (Å²) in [4.78, 5) is 16.4. The Bertz CT molecular complexity index is 681. The quantitative estimate of drug-likeness (QED) is 0.840. The van der Waals surface area contributed by atoms with Crippen molar-refractivity contribution in [2.24, 2.45) is 0 Å². The minimum absolute atomic E-state index is 0.0231. The maximum absolute atomic E-state index is 13.7. The topological polar surface area (TPSA) is 54.0 Å². The van der Waals surface area contributed by atoms with E-state index in [1.165, 1.54) is 18.2 Å². The molecule has 0 radical (unpaired) electrons. The molecule has 0 aliphatic rings. The summed E-state index contributed by atoms with van der Waals surface area (Å²) in [6.45, 7) is 2.50. The van der Waals surface area contributed by atoms with E-state index >= 15 is 0 Å². The zero-order valence-electron chi connectivity index (χ0n) is 11.1. The Kier molecular flexibility index (Phi) is 5.14. The number of benzene rings is 1. The van der Waals surface area contributed by atoms with Crippen molar-refractivity contribution in [3.63, 3.8) is 0 Å². The standard InChI is InChI=1S/C14H12BrClFN3O/c1-2-18-13-10(5-8(15)7-19-13)14(21)20-12-6-9(16)3-4-11(12)17/h3-7H,2H2,1H3,(H,18,19)(H,20,21). The van der Waals surface area contributed by atoms with Gasteiger partial charge in [0.1, 0.15) is 11.6 Å². The van der Waals surface area contributed by atoms with Gasteiger partial charge in [0.05, 0.1) is 11.3 Å². The summed E-state index contributed by atoms with van der Waals surface area (Å²) < 4.78 is 14.3. The third-order valence-electron chi connectivity index (χ3n) is 2.62. The molecule has 2 aromatic rings. The van der Waals surface area contributed by atoms with E-state index in [0.717, 1.165) is 0 Å². The second-order valence-electron chi connectivity index (χ2n) is 4.16. The number of hydrogen-bond donors (Lipinski definition) is 2. The van der Waals surface area contributed by atoms with Gasteiger partial charge in [0.2, 0.25) is 0 Å². The molecule has 0 aliphatic carbocycles. The molecule has 0 fully saturated rings. The second kappa shape index (κ2) is 6.87. The Hall–Kier alpha value is -1.66. The maximum atomic E-state index is 13.7. The van der Waals surface area contributed by atoms with Gasteiger partial charge in [0.15, 0.2) is 0 Å². The first kappa shape index (κ1) is 15.7. The van der Waals surface area contributed by atoms with Crippen LogP contribution in [-0.2, 0) is 0 Å². The number of nitrogens with one attached hydrogen (secondary N) is 2. The fourth-order valence-corrected chi connectivity index (χ4v) is 2.21. The molecular formula is C14H12BrClFN3O. The predicted octanol–water partition coefficient (Wildman–Crippen LogP) is 4.32. The summed E-state index contributed by atoms with van der Waals surface area (Å²) in [6.07, 6.45) is 1.58. The van der Waals surface area contributed by atoms with Crippen molar-refractivity contribution < 1.29 is 9.18 Å². The summed E-state index contributed by atoms with van der Waals surface area (Å²) in [5.41, 5.74) is 0.334. The van der Waals surface area contributed by atoms with Gasteiger partial charge >= 0.3 is 0 Å².